The summed E-state index contributed by atoms with van der Waals surface area (Å²) in [5.74, 6) is -1.64. The third kappa shape index (κ3) is 4.45. The molecule has 0 radical (unpaired) electrons. The fraction of sp³-hybridized carbons (Fsp3) is 0.429. The van der Waals surface area contributed by atoms with E-state index in [-0.39, 0.29) is 18.7 Å². The van der Waals surface area contributed by atoms with Crippen molar-refractivity contribution in [3.8, 4) is 0 Å². The minimum absolute atomic E-state index is 0.107. The normalized spacial score (nSPS) is 11.0. The molecule has 0 saturated heterocycles. The van der Waals surface area contributed by atoms with Crippen molar-refractivity contribution >= 4 is 11.9 Å². The van der Waals surface area contributed by atoms with Gasteiger partial charge in [0.15, 0.2) is 0 Å². The van der Waals surface area contributed by atoms with Crippen LogP contribution in [0.2, 0.25) is 0 Å². The Hall–Kier alpha value is -1.36. The lowest BCUT2D eigenvalue weighted by Crippen LogP contribution is -2.27. The first-order valence-corrected chi connectivity index (χ1v) is 3.38. The van der Waals surface area contributed by atoms with Gasteiger partial charge in [-0.2, -0.15) is 0 Å². The van der Waals surface area contributed by atoms with Crippen LogP contribution in [0.1, 0.15) is 6.92 Å². The molecule has 0 atom stereocenters. The molecule has 0 fully saturated rings. The van der Waals surface area contributed by atoms with Crippen LogP contribution in [0.5, 0.6) is 0 Å². The zero-order valence-electron chi connectivity index (χ0n) is 6.70. The van der Waals surface area contributed by atoms with Crippen LogP contribution in [0.4, 0.5) is 0 Å². The fourth-order valence-corrected chi connectivity index (χ4v) is 0.560. The molecule has 68 valence electrons. The van der Waals surface area contributed by atoms with Gasteiger partial charge in [0.2, 0.25) is 5.91 Å². The first-order valence-electron chi connectivity index (χ1n) is 3.38. The predicted molar refractivity (Wildman–Crippen MR) is 41.5 cm³/mol. The molecule has 0 aromatic heterocycles. The van der Waals surface area contributed by atoms with E-state index in [2.05, 4.69) is 5.32 Å². The lowest BCUT2D eigenvalue weighted by molar-refractivity contribution is -0.131. The molecule has 0 spiro atoms. The number of carbonyl (C=O) groups is 2. The number of carbonyl (C=O) groups excluding carboxylic acids is 1. The monoisotopic (exact) mass is 173 g/mol. The molecule has 0 bridgehead atoms. The number of amides is 1. The molecule has 12 heavy (non-hydrogen) atoms. The van der Waals surface area contributed by atoms with Crippen LogP contribution in [0.15, 0.2) is 11.6 Å². The maximum absolute atomic E-state index is 10.9. The van der Waals surface area contributed by atoms with Crippen LogP contribution in [-0.2, 0) is 9.59 Å². The summed E-state index contributed by atoms with van der Waals surface area (Å²) in [5, 5.41) is 18.9. The first kappa shape index (κ1) is 10.6. The number of aliphatic carboxylic acids is 1. The van der Waals surface area contributed by atoms with E-state index in [4.69, 9.17) is 10.2 Å². The van der Waals surface area contributed by atoms with Crippen LogP contribution in [0.3, 0.4) is 0 Å². The first-order chi connectivity index (χ1) is 5.57. The molecule has 0 aliphatic carbocycles. The Morgan fingerprint density at radius 1 is 1.50 bits per heavy atom. The molecule has 0 heterocycles. The Morgan fingerprint density at radius 2 is 2.08 bits per heavy atom. The quantitative estimate of drug-likeness (QED) is 0.482. The summed E-state index contributed by atoms with van der Waals surface area (Å²) >= 11 is 0. The molecule has 3 N–H and O–H groups in total. The minimum Gasteiger partial charge on any atom is -0.478 e. The van der Waals surface area contributed by atoms with Crippen LogP contribution in [0.25, 0.3) is 0 Å². The summed E-state index contributed by atoms with van der Waals surface area (Å²) < 4.78 is 0. The molecule has 0 aliphatic heterocycles. The van der Waals surface area contributed by atoms with Gasteiger partial charge < -0.3 is 15.5 Å². The Bertz CT molecular complexity index is 209. The highest BCUT2D eigenvalue weighted by atomic mass is 16.4. The van der Waals surface area contributed by atoms with Gasteiger partial charge in [0.25, 0.3) is 0 Å². The van der Waals surface area contributed by atoms with Gasteiger partial charge in [-0.3, -0.25) is 4.79 Å². The van der Waals surface area contributed by atoms with E-state index in [9.17, 15) is 9.59 Å². The van der Waals surface area contributed by atoms with Crippen molar-refractivity contribution in [2.24, 2.45) is 0 Å². The summed E-state index contributed by atoms with van der Waals surface area (Å²) in [5.41, 5.74) is 0.107. The molecule has 0 aromatic carbocycles. The average Bonchev–Trinajstić information content (AvgIpc) is 1.98. The SMILES string of the molecule is C/C(=C\C(=O)O)C(=O)NCCO. The number of carboxylic acids is 1. The maximum atomic E-state index is 10.9. The molecule has 5 heteroatoms. The summed E-state index contributed by atoms with van der Waals surface area (Å²) in [6.07, 6.45) is 0.812. The molecule has 0 saturated carbocycles. The summed E-state index contributed by atoms with van der Waals surface area (Å²) in [6.45, 7) is 1.36. The van der Waals surface area contributed by atoms with Gasteiger partial charge in [0, 0.05) is 18.2 Å². The third-order valence-electron chi connectivity index (χ3n) is 1.10. The van der Waals surface area contributed by atoms with E-state index in [0.717, 1.165) is 6.08 Å². The second-order valence-corrected chi connectivity index (χ2v) is 2.15. The fourth-order valence-electron chi connectivity index (χ4n) is 0.560. The standard InChI is InChI=1S/C7H11NO4/c1-5(4-6(10)11)7(12)8-2-3-9/h4,9H,2-3H2,1H3,(H,8,12)(H,10,11)/b5-4+. The molecule has 0 aromatic rings. The van der Waals surface area contributed by atoms with E-state index >= 15 is 0 Å². The Kier molecular flexibility index (Phi) is 4.71. The summed E-state index contributed by atoms with van der Waals surface area (Å²) in [6, 6.07) is 0. The van der Waals surface area contributed by atoms with E-state index in [1.54, 1.807) is 0 Å². The molecule has 0 aliphatic rings. The highest BCUT2D eigenvalue weighted by Crippen LogP contribution is 1.90. The van der Waals surface area contributed by atoms with E-state index < -0.39 is 11.9 Å². The van der Waals surface area contributed by atoms with Crippen molar-refractivity contribution < 1.29 is 19.8 Å². The predicted octanol–water partition coefficient (Wildman–Crippen LogP) is -0.874. The van der Waals surface area contributed by atoms with Crippen molar-refractivity contribution in [1.82, 2.24) is 5.32 Å². The number of rotatable bonds is 4. The van der Waals surface area contributed by atoms with E-state index in [1.807, 2.05) is 0 Å². The number of nitrogens with one attached hydrogen (secondary N) is 1. The number of aliphatic hydroxyl groups excluding tert-OH is 1. The van der Waals surface area contributed by atoms with Gasteiger partial charge in [0.1, 0.15) is 0 Å². The van der Waals surface area contributed by atoms with Crippen LogP contribution in [0, 0.1) is 0 Å². The summed E-state index contributed by atoms with van der Waals surface area (Å²) in [4.78, 5) is 21.0. The topological polar surface area (TPSA) is 86.6 Å². The van der Waals surface area contributed by atoms with E-state index in [1.165, 1.54) is 6.92 Å². The highest BCUT2D eigenvalue weighted by molar-refractivity contribution is 5.98. The molecule has 0 rings (SSSR count). The van der Waals surface area contributed by atoms with Gasteiger partial charge in [-0.05, 0) is 6.92 Å². The van der Waals surface area contributed by atoms with Crippen molar-refractivity contribution in [3.05, 3.63) is 11.6 Å². The maximum Gasteiger partial charge on any atom is 0.328 e. The third-order valence-corrected chi connectivity index (χ3v) is 1.10. The number of hydrogen-bond donors (Lipinski definition) is 3. The molecule has 5 nitrogen and oxygen atoms in total. The lowest BCUT2D eigenvalue weighted by Gasteiger charge is -2.01. The highest BCUT2D eigenvalue weighted by Gasteiger charge is 2.03. The van der Waals surface area contributed by atoms with E-state index in [0.29, 0.717) is 0 Å². The number of hydrogen-bond acceptors (Lipinski definition) is 3. The summed E-state index contributed by atoms with van der Waals surface area (Å²) in [7, 11) is 0. The largest absolute Gasteiger partial charge is 0.478 e. The Labute approximate surface area is 69.7 Å². The molecule has 1 amide bonds. The zero-order chi connectivity index (χ0) is 9.56. The van der Waals surface area contributed by atoms with Crippen LogP contribution < -0.4 is 5.32 Å². The van der Waals surface area contributed by atoms with Gasteiger partial charge in [-0.15, -0.1) is 0 Å². The minimum atomic E-state index is -1.16. The van der Waals surface area contributed by atoms with Crippen molar-refractivity contribution in [2.45, 2.75) is 6.92 Å². The zero-order valence-corrected chi connectivity index (χ0v) is 6.70. The number of aliphatic hydroxyl groups is 1. The van der Waals surface area contributed by atoms with Crippen molar-refractivity contribution in [2.75, 3.05) is 13.2 Å². The van der Waals surface area contributed by atoms with Gasteiger partial charge in [0.05, 0.1) is 6.61 Å². The number of carboxylic acid groups (broad SMARTS) is 1. The van der Waals surface area contributed by atoms with Crippen molar-refractivity contribution in [1.29, 1.82) is 0 Å². The van der Waals surface area contributed by atoms with Crippen LogP contribution in [-0.4, -0.2) is 35.2 Å². The Morgan fingerprint density at radius 3 is 2.50 bits per heavy atom. The molecular formula is C7H11NO4. The molecular weight excluding hydrogens is 162 g/mol. The van der Waals surface area contributed by atoms with Gasteiger partial charge in [-0.1, -0.05) is 0 Å². The second kappa shape index (κ2) is 5.31. The lowest BCUT2D eigenvalue weighted by atomic mass is 10.2. The molecule has 0 unspecified atom stereocenters. The van der Waals surface area contributed by atoms with Crippen LogP contribution >= 0.6 is 0 Å². The van der Waals surface area contributed by atoms with Gasteiger partial charge in [-0.25, -0.2) is 4.79 Å². The van der Waals surface area contributed by atoms with Gasteiger partial charge >= 0.3 is 5.97 Å². The van der Waals surface area contributed by atoms with Crippen molar-refractivity contribution in [3.63, 3.8) is 0 Å². The average molecular weight is 173 g/mol. The Balaban J connectivity index is 4.01. The second-order valence-electron chi connectivity index (χ2n) is 2.15. The smallest absolute Gasteiger partial charge is 0.328 e.